The lowest BCUT2D eigenvalue weighted by Gasteiger charge is -2.21. The second-order valence-corrected chi connectivity index (χ2v) is 28.0. The van der Waals surface area contributed by atoms with Gasteiger partial charge in [0.05, 0.1) is 26.4 Å². The van der Waals surface area contributed by atoms with Crippen molar-refractivity contribution in [3.63, 3.8) is 0 Å². The van der Waals surface area contributed by atoms with E-state index in [1.54, 1.807) is 0 Å². The third-order valence-electron chi connectivity index (χ3n) is 15.7. The van der Waals surface area contributed by atoms with Crippen molar-refractivity contribution < 1.29 is 80.2 Å². The molecule has 0 aromatic rings. The zero-order valence-electron chi connectivity index (χ0n) is 57.0. The molecule has 5 atom stereocenters. The number of aliphatic hydroxyl groups is 1. The molecule has 0 fully saturated rings. The Bertz CT molecular complexity index is 1810. The van der Waals surface area contributed by atoms with Gasteiger partial charge in [-0.3, -0.25) is 37.3 Å². The predicted octanol–water partition coefficient (Wildman–Crippen LogP) is 19.7. The summed E-state index contributed by atoms with van der Waals surface area (Å²) >= 11 is 0. The third-order valence-corrected chi connectivity index (χ3v) is 17.6. The SMILES string of the molecule is CCCCCC/C=C\C=C/CCCCCCCC(=O)O[C@H](COC(=O)CCCCCCCCCCCCC(C)C)COP(=O)(O)OC[C@@H](O)COP(=O)(O)OC[C@@H](COC(=O)CCCCCCCCCCCC)OC(=O)CCCCCCCCCCCCC. The first-order valence-electron chi connectivity index (χ1n) is 36.0. The van der Waals surface area contributed by atoms with E-state index in [1.807, 2.05) is 0 Å². The molecule has 17 nitrogen and oxygen atoms in total. The standard InChI is InChI=1S/C70H132O17P2/c1-6-9-12-15-18-21-24-25-26-27-29-36-41-46-51-56-70(75)87-66(60-81-68(73)54-49-44-39-34-31-30-32-37-42-47-52-63(4)5)62-85-89(78,79)83-58-64(71)57-82-88(76,77)84-61-65(59-80-67(72)53-48-43-38-33-23-20-17-14-11-8-3)86-69(74)55-50-45-40-35-28-22-19-16-13-10-7-2/h21,24-26,63-66,71H,6-20,22-23,27-62H2,1-5H3,(H,76,77)(H,78,79)/b24-21-,26-25-/t64-,65+,66+/m0/s1. The van der Waals surface area contributed by atoms with Gasteiger partial charge in [-0.15, -0.1) is 0 Å². The summed E-state index contributed by atoms with van der Waals surface area (Å²) in [6.45, 7) is 7.16. The van der Waals surface area contributed by atoms with Crippen LogP contribution < -0.4 is 0 Å². The molecular weight excluding hydrogens is 1170 g/mol. The van der Waals surface area contributed by atoms with Gasteiger partial charge in [0.25, 0.3) is 0 Å². The van der Waals surface area contributed by atoms with E-state index in [4.69, 9.17) is 37.0 Å². The van der Waals surface area contributed by atoms with E-state index in [9.17, 15) is 43.2 Å². The van der Waals surface area contributed by atoms with Gasteiger partial charge in [-0.1, -0.05) is 284 Å². The van der Waals surface area contributed by atoms with Crippen molar-refractivity contribution in [2.75, 3.05) is 39.6 Å². The fraction of sp³-hybridized carbons (Fsp3) is 0.886. The molecule has 3 N–H and O–H groups in total. The van der Waals surface area contributed by atoms with Crippen LogP contribution in [0.25, 0.3) is 0 Å². The topological polar surface area (TPSA) is 237 Å². The molecule has 0 rings (SSSR count). The van der Waals surface area contributed by atoms with Gasteiger partial charge in [-0.2, -0.15) is 0 Å². The van der Waals surface area contributed by atoms with Crippen LogP contribution in [0.1, 0.15) is 336 Å². The van der Waals surface area contributed by atoms with Gasteiger partial charge in [0.15, 0.2) is 12.2 Å². The Balaban J connectivity index is 5.28. The molecule has 0 amide bonds. The average Bonchev–Trinajstić information content (AvgIpc) is 3.64. The van der Waals surface area contributed by atoms with Crippen LogP contribution >= 0.6 is 15.6 Å². The molecule has 0 heterocycles. The number of phosphoric ester groups is 2. The summed E-state index contributed by atoms with van der Waals surface area (Å²) in [5.41, 5.74) is 0. The zero-order chi connectivity index (χ0) is 65.6. The van der Waals surface area contributed by atoms with Crippen molar-refractivity contribution in [1.82, 2.24) is 0 Å². The number of phosphoric acid groups is 2. The third kappa shape index (κ3) is 64.1. The zero-order valence-corrected chi connectivity index (χ0v) is 58.8. The van der Waals surface area contributed by atoms with Crippen LogP contribution in [-0.4, -0.2) is 96.7 Å². The van der Waals surface area contributed by atoms with Crippen molar-refractivity contribution in [1.29, 1.82) is 0 Å². The number of hydrogen-bond acceptors (Lipinski definition) is 15. The van der Waals surface area contributed by atoms with Gasteiger partial charge in [0.2, 0.25) is 0 Å². The number of carbonyl (C=O) groups excluding carboxylic acids is 4. The van der Waals surface area contributed by atoms with E-state index < -0.39 is 97.5 Å². The molecule has 0 aromatic carbocycles. The van der Waals surface area contributed by atoms with Crippen molar-refractivity contribution >= 4 is 39.5 Å². The molecule has 0 radical (unpaired) electrons. The van der Waals surface area contributed by atoms with E-state index in [2.05, 4.69) is 58.9 Å². The predicted molar refractivity (Wildman–Crippen MR) is 358 cm³/mol. The highest BCUT2D eigenvalue weighted by Gasteiger charge is 2.30. The van der Waals surface area contributed by atoms with E-state index in [-0.39, 0.29) is 25.7 Å². The minimum atomic E-state index is -4.96. The first-order chi connectivity index (χ1) is 43.0. The lowest BCUT2D eigenvalue weighted by molar-refractivity contribution is -0.161. The maximum Gasteiger partial charge on any atom is 0.472 e. The van der Waals surface area contributed by atoms with Crippen molar-refractivity contribution in [2.24, 2.45) is 5.92 Å². The lowest BCUT2D eigenvalue weighted by Crippen LogP contribution is -2.30. The van der Waals surface area contributed by atoms with Crippen LogP contribution in [0, 0.1) is 5.92 Å². The number of ether oxygens (including phenoxy) is 4. The Morgan fingerprint density at radius 2 is 0.607 bits per heavy atom. The summed E-state index contributed by atoms with van der Waals surface area (Å²) in [7, 11) is -9.91. The molecule has 19 heteroatoms. The fourth-order valence-electron chi connectivity index (χ4n) is 10.1. The lowest BCUT2D eigenvalue weighted by atomic mass is 10.0. The largest absolute Gasteiger partial charge is 0.472 e. The van der Waals surface area contributed by atoms with Crippen molar-refractivity contribution in [3.05, 3.63) is 24.3 Å². The van der Waals surface area contributed by atoms with Gasteiger partial charge in [-0.25, -0.2) is 9.13 Å². The summed E-state index contributed by atoms with van der Waals surface area (Å²) in [5.74, 6) is -1.40. The molecule has 89 heavy (non-hydrogen) atoms. The summed E-state index contributed by atoms with van der Waals surface area (Å²) < 4.78 is 68.2. The monoisotopic (exact) mass is 1310 g/mol. The van der Waals surface area contributed by atoms with Crippen LogP contribution in [0.4, 0.5) is 0 Å². The number of aliphatic hydroxyl groups excluding tert-OH is 1. The molecule has 2 unspecified atom stereocenters. The molecule has 0 saturated carbocycles. The summed E-state index contributed by atoms with van der Waals surface area (Å²) in [4.78, 5) is 72.5. The van der Waals surface area contributed by atoms with Crippen molar-refractivity contribution in [2.45, 2.75) is 355 Å². The summed E-state index contributed by atoms with van der Waals surface area (Å²) in [5, 5.41) is 10.6. The minimum Gasteiger partial charge on any atom is -0.462 e. The molecule has 0 aromatic heterocycles. The Labute approximate surface area is 542 Å². The van der Waals surface area contributed by atoms with E-state index in [0.717, 1.165) is 109 Å². The Morgan fingerprint density at radius 3 is 0.921 bits per heavy atom. The maximum atomic E-state index is 13.0. The molecule has 0 aliphatic rings. The van der Waals surface area contributed by atoms with Gasteiger partial charge in [-0.05, 0) is 57.3 Å². The molecule has 0 aliphatic heterocycles. The molecule has 0 saturated heterocycles. The number of unbranched alkanes of at least 4 members (excludes halogenated alkanes) is 37. The second kappa shape index (κ2) is 63.0. The van der Waals surface area contributed by atoms with Crippen LogP contribution in [0.15, 0.2) is 24.3 Å². The quantitative estimate of drug-likeness (QED) is 0.0169. The maximum absolute atomic E-state index is 13.0. The number of hydrogen-bond donors (Lipinski definition) is 3. The van der Waals surface area contributed by atoms with Crippen LogP contribution in [0.2, 0.25) is 0 Å². The highest BCUT2D eigenvalue weighted by Crippen LogP contribution is 2.45. The number of esters is 4. The smallest absolute Gasteiger partial charge is 0.462 e. The van der Waals surface area contributed by atoms with Gasteiger partial charge >= 0.3 is 39.5 Å². The highest BCUT2D eigenvalue weighted by molar-refractivity contribution is 7.47. The first-order valence-corrected chi connectivity index (χ1v) is 38.9. The minimum absolute atomic E-state index is 0.0850. The molecule has 0 spiro atoms. The normalized spacial score (nSPS) is 14.3. The van der Waals surface area contributed by atoms with Gasteiger partial charge < -0.3 is 33.8 Å². The van der Waals surface area contributed by atoms with Gasteiger partial charge in [0.1, 0.15) is 19.3 Å². The summed E-state index contributed by atoms with van der Waals surface area (Å²) in [6.07, 6.45) is 52.0. The number of rotatable bonds is 68. The first kappa shape index (κ1) is 86.5. The van der Waals surface area contributed by atoms with Crippen LogP contribution in [0.3, 0.4) is 0 Å². The van der Waals surface area contributed by atoms with E-state index >= 15 is 0 Å². The van der Waals surface area contributed by atoms with Crippen LogP contribution in [0.5, 0.6) is 0 Å². The Kier molecular flexibility index (Phi) is 61.2. The Hall–Kier alpha value is -2.46. The van der Waals surface area contributed by atoms with Crippen molar-refractivity contribution in [3.8, 4) is 0 Å². The van der Waals surface area contributed by atoms with E-state index in [1.165, 1.54) is 148 Å². The summed E-state index contributed by atoms with van der Waals surface area (Å²) in [6, 6.07) is 0. The molecule has 0 aliphatic carbocycles. The molecular formula is C70H132O17P2. The van der Waals surface area contributed by atoms with Crippen LogP contribution in [-0.2, 0) is 65.4 Å². The molecule has 0 bridgehead atoms. The fourth-order valence-corrected chi connectivity index (χ4v) is 11.7. The Morgan fingerprint density at radius 1 is 0.348 bits per heavy atom. The number of carbonyl (C=O) groups is 4. The van der Waals surface area contributed by atoms with E-state index in [0.29, 0.717) is 25.7 Å². The average molecular weight is 1310 g/mol. The van der Waals surface area contributed by atoms with Gasteiger partial charge in [0, 0.05) is 25.7 Å². The molecule has 524 valence electrons. The highest BCUT2D eigenvalue weighted by atomic mass is 31.2. The number of allylic oxidation sites excluding steroid dienone is 4. The second-order valence-electron chi connectivity index (χ2n) is 25.1.